The van der Waals surface area contributed by atoms with Crippen molar-refractivity contribution < 1.29 is 14.2 Å². The Labute approximate surface area is 111 Å². The molecule has 1 aromatic rings. The van der Waals surface area contributed by atoms with Gasteiger partial charge >= 0.3 is 0 Å². The highest BCUT2D eigenvalue weighted by atomic mass is 19.1. The molecule has 0 spiro atoms. The van der Waals surface area contributed by atoms with Gasteiger partial charge in [-0.3, -0.25) is 5.41 Å². The Morgan fingerprint density at radius 1 is 1.63 bits per heavy atom. The molecule has 2 atom stereocenters. The number of morpholine rings is 1. The van der Waals surface area contributed by atoms with Gasteiger partial charge in [-0.15, -0.1) is 0 Å². The molecule has 2 unspecified atom stereocenters. The number of aliphatic hydroxyl groups is 1. The van der Waals surface area contributed by atoms with Gasteiger partial charge in [0.25, 0.3) is 0 Å². The standard InChI is InChI=1S/C13H18FN3O2/c1-8-7-19-9(6-18)5-17(8)11-4-2-3-10(14)12(11)13(15)16/h2-4,8-9,18H,5-7H2,1H3,(H3,15,16). The van der Waals surface area contributed by atoms with Crippen LogP contribution in [0.4, 0.5) is 10.1 Å². The Bertz CT molecular complexity index is 481. The summed E-state index contributed by atoms with van der Waals surface area (Å²) in [6.07, 6.45) is -0.306. The molecule has 19 heavy (non-hydrogen) atoms. The van der Waals surface area contributed by atoms with Gasteiger partial charge in [0.05, 0.1) is 30.6 Å². The van der Waals surface area contributed by atoms with Crippen molar-refractivity contribution in [2.45, 2.75) is 19.1 Å². The van der Waals surface area contributed by atoms with E-state index in [9.17, 15) is 9.50 Å². The van der Waals surface area contributed by atoms with Gasteiger partial charge in [-0.05, 0) is 19.1 Å². The number of aliphatic hydroxyl groups excluding tert-OH is 1. The Morgan fingerprint density at radius 3 is 3.00 bits per heavy atom. The number of benzene rings is 1. The van der Waals surface area contributed by atoms with E-state index < -0.39 is 5.82 Å². The molecule has 0 radical (unpaired) electrons. The van der Waals surface area contributed by atoms with E-state index in [0.29, 0.717) is 18.8 Å². The normalized spacial score (nSPS) is 23.4. The van der Waals surface area contributed by atoms with Crippen LogP contribution in [0.3, 0.4) is 0 Å². The first-order valence-corrected chi connectivity index (χ1v) is 6.16. The highest BCUT2D eigenvalue weighted by Gasteiger charge is 2.28. The third-order valence-electron chi connectivity index (χ3n) is 3.28. The number of amidine groups is 1. The molecule has 2 rings (SSSR count). The highest BCUT2D eigenvalue weighted by molar-refractivity contribution is 6.00. The molecule has 1 aliphatic rings. The molecule has 1 aliphatic heterocycles. The van der Waals surface area contributed by atoms with Crippen LogP contribution in [-0.4, -0.2) is 42.8 Å². The van der Waals surface area contributed by atoms with Crippen LogP contribution in [0.2, 0.25) is 0 Å². The summed E-state index contributed by atoms with van der Waals surface area (Å²) in [5.74, 6) is -0.809. The number of anilines is 1. The number of nitrogens with zero attached hydrogens (tertiary/aromatic N) is 1. The van der Waals surface area contributed by atoms with Gasteiger partial charge in [0, 0.05) is 12.6 Å². The van der Waals surface area contributed by atoms with Gasteiger partial charge in [0.1, 0.15) is 11.7 Å². The van der Waals surface area contributed by atoms with Crippen LogP contribution in [0.5, 0.6) is 0 Å². The number of ether oxygens (including phenoxy) is 1. The van der Waals surface area contributed by atoms with Crippen LogP contribution in [0.1, 0.15) is 12.5 Å². The monoisotopic (exact) mass is 267 g/mol. The molecule has 0 saturated carbocycles. The number of hydrogen-bond acceptors (Lipinski definition) is 4. The summed E-state index contributed by atoms with van der Waals surface area (Å²) in [5, 5.41) is 16.7. The van der Waals surface area contributed by atoms with Crippen LogP contribution < -0.4 is 10.6 Å². The predicted octanol–water partition coefficient (Wildman–Crippen LogP) is 0.696. The summed E-state index contributed by atoms with van der Waals surface area (Å²) in [6.45, 7) is 2.75. The minimum atomic E-state index is -0.510. The molecule has 0 aliphatic carbocycles. The fourth-order valence-electron chi connectivity index (χ4n) is 2.28. The smallest absolute Gasteiger partial charge is 0.136 e. The van der Waals surface area contributed by atoms with E-state index in [1.165, 1.54) is 6.07 Å². The van der Waals surface area contributed by atoms with Crippen molar-refractivity contribution in [1.29, 1.82) is 5.41 Å². The van der Waals surface area contributed by atoms with Crippen LogP contribution in [0, 0.1) is 11.2 Å². The van der Waals surface area contributed by atoms with Crippen molar-refractivity contribution in [2.75, 3.05) is 24.7 Å². The van der Waals surface area contributed by atoms with Gasteiger partial charge in [-0.2, -0.15) is 0 Å². The summed E-state index contributed by atoms with van der Waals surface area (Å²) in [5.41, 5.74) is 6.15. The van der Waals surface area contributed by atoms with Gasteiger partial charge in [0.2, 0.25) is 0 Å². The van der Waals surface area contributed by atoms with Crippen molar-refractivity contribution in [3.63, 3.8) is 0 Å². The maximum absolute atomic E-state index is 13.8. The number of nitrogens with one attached hydrogen (secondary N) is 1. The third-order valence-corrected chi connectivity index (χ3v) is 3.28. The van der Waals surface area contributed by atoms with Crippen molar-refractivity contribution in [1.82, 2.24) is 0 Å². The fourth-order valence-corrected chi connectivity index (χ4v) is 2.28. The first-order chi connectivity index (χ1) is 9.04. The van der Waals surface area contributed by atoms with Crippen LogP contribution in [-0.2, 0) is 4.74 Å². The van der Waals surface area contributed by atoms with Gasteiger partial charge in [-0.25, -0.2) is 4.39 Å². The summed E-state index contributed by atoms with van der Waals surface area (Å²) < 4.78 is 19.3. The second-order valence-electron chi connectivity index (χ2n) is 4.69. The highest BCUT2D eigenvalue weighted by Crippen LogP contribution is 2.27. The minimum absolute atomic E-state index is 0.0303. The second-order valence-corrected chi connectivity index (χ2v) is 4.69. The van der Waals surface area contributed by atoms with E-state index in [-0.39, 0.29) is 30.2 Å². The molecule has 1 heterocycles. The van der Waals surface area contributed by atoms with Crippen molar-refractivity contribution in [3.05, 3.63) is 29.6 Å². The van der Waals surface area contributed by atoms with E-state index in [0.717, 1.165) is 0 Å². The molecule has 1 aromatic carbocycles. The number of nitrogen functional groups attached to an aromatic ring is 1. The first-order valence-electron chi connectivity index (χ1n) is 6.16. The summed E-state index contributed by atoms with van der Waals surface area (Å²) >= 11 is 0. The largest absolute Gasteiger partial charge is 0.394 e. The van der Waals surface area contributed by atoms with Crippen molar-refractivity contribution >= 4 is 11.5 Å². The molecule has 104 valence electrons. The topological polar surface area (TPSA) is 82.6 Å². The average molecular weight is 267 g/mol. The molecule has 6 heteroatoms. The summed E-state index contributed by atoms with van der Waals surface area (Å²) in [4.78, 5) is 1.92. The average Bonchev–Trinajstić information content (AvgIpc) is 2.38. The maximum Gasteiger partial charge on any atom is 0.136 e. The maximum atomic E-state index is 13.8. The lowest BCUT2D eigenvalue weighted by Gasteiger charge is -2.39. The van der Waals surface area contributed by atoms with Crippen LogP contribution >= 0.6 is 0 Å². The lowest BCUT2D eigenvalue weighted by Crippen LogP contribution is -2.50. The van der Waals surface area contributed by atoms with Crippen molar-refractivity contribution in [3.8, 4) is 0 Å². The molecule has 5 nitrogen and oxygen atoms in total. The van der Waals surface area contributed by atoms with E-state index in [2.05, 4.69) is 0 Å². The molecular formula is C13H18FN3O2. The number of halogens is 1. The van der Waals surface area contributed by atoms with Crippen molar-refractivity contribution in [2.24, 2.45) is 5.73 Å². The van der Waals surface area contributed by atoms with E-state index in [1.807, 2.05) is 11.8 Å². The zero-order valence-electron chi connectivity index (χ0n) is 10.8. The zero-order valence-corrected chi connectivity index (χ0v) is 10.8. The Morgan fingerprint density at radius 2 is 2.37 bits per heavy atom. The van der Waals surface area contributed by atoms with Gasteiger partial charge in [0.15, 0.2) is 0 Å². The Hall–Kier alpha value is -1.66. The molecule has 4 N–H and O–H groups in total. The molecule has 0 bridgehead atoms. The van der Waals surface area contributed by atoms with E-state index in [4.69, 9.17) is 15.9 Å². The van der Waals surface area contributed by atoms with E-state index >= 15 is 0 Å². The zero-order chi connectivity index (χ0) is 14.0. The summed E-state index contributed by atoms with van der Waals surface area (Å²) in [6, 6.07) is 4.64. The van der Waals surface area contributed by atoms with Crippen LogP contribution in [0.25, 0.3) is 0 Å². The molecular weight excluding hydrogens is 249 g/mol. The number of hydrogen-bond donors (Lipinski definition) is 3. The van der Waals surface area contributed by atoms with Crippen LogP contribution in [0.15, 0.2) is 18.2 Å². The van der Waals surface area contributed by atoms with Gasteiger partial charge < -0.3 is 20.5 Å². The second kappa shape index (κ2) is 5.54. The quantitative estimate of drug-likeness (QED) is 0.556. The fraction of sp³-hybridized carbons (Fsp3) is 0.462. The Kier molecular flexibility index (Phi) is 4.01. The minimum Gasteiger partial charge on any atom is -0.394 e. The number of nitrogens with two attached hydrogens (primary N) is 1. The molecule has 1 fully saturated rings. The molecule has 1 saturated heterocycles. The molecule has 0 amide bonds. The lowest BCUT2D eigenvalue weighted by atomic mass is 10.1. The van der Waals surface area contributed by atoms with Gasteiger partial charge in [-0.1, -0.05) is 6.07 Å². The summed E-state index contributed by atoms with van der Waals surface area (Å²) in [7, 11) is 0. The Balaban J connectivity index is 2.39. The SMILES string of the molecule is CC1COC(CO)CN1c1cccc(F)c1C(=N)N. The first kappa shape index (κ1) is 13.8. The number of rotatable bonds is 3. The van der Waals surface area contributed by atoms with E-state index in [1.54, 1.807) is 12.1 Å². The molecule has 0 aromatic heterocycles. The lowest BCUT2D eigenvalue weighted by molar-refractivity contribution is -0.0103. The predicted molar refractivity (Wildman–Crippen MR) is 71.0 cm³/mol. The third kappa shape index (κ3) is 2.69.